The van der Waals surface area contributed by atoms with Crippen molar-refractivity contribution in [1.29, 1.82) is 0 Å². The fraction of sp³-hybridized carbons (Fsp3) is 0.389. The van der Waals surface area contributed by atoms with E-state index >= 15 is 0 Å². The van der Waals surface area contributed by atoms with Crippen LogP contribution in [0.15, 0.2) is 42.6 Å². The van der Waals surface area contributed by atoms with Gasteiger partial charge >= 0.3 is 0 Å². The maximum absolute atomic E-state index is 12.7. The molecule has 0 aliphatic carbocycles. The highest BCUT2D eigenvalue weighted by Gasteiger charge is 2.29. The lowest BCUT2D eigenvalue weighted by atomic mass is 10.1. The number of aromatic nitrogens is 1. The number of hydrogen-bond acceptors (Lipinski definition) is 2. The van der Waals surface area contributed by atoms with Gasteiger partial charge in [-0.3, -0.25) is 9.69 Å². The van der Waals surface area contributed by atoms with Crippen molar-refractivity contribution in [1.82, 2.24) is 9.47 Å². The number of rotatable bonds is 2. The summed E-state index contributed by atoms with van der Waals surface area (Å²) in [5.41, 5.74) is 3.69. The number of amides is 1. The number of carbonyl (C=O) groups is 1. The van der Waals surface area contributed by atoms with E-state index in [2.05, 4.69) is 46.9 Å². The van der Waals surface area contributed by atoms with Gasteiger partial charge in [-0.05, 0) is 37.1 Å². The minimum atomic E-state index is 0.219. The van der Waals surface area contributed by atoms with Crippen LogP contribution in [-0.4, -0.2) is 35.0 Å². The van der Waals surface area contributed by atoms with E-state index < -0.39 is 0 Å². The van der Waals surface area contributed by atoms with Gasteiger partial charge in [-0.15, -0.1) is 0 Å². The molecule has 1 aromatic heterocycles. The number of hydrogen-bond donors (Lipinski definition) is 0. The molecule has 0 unspecified atom stereocenters. The first-order valence-electron chi connectivity index (χ1n) is 8.01. The Kier molecular flexibility index (Phi) is 3.26. The Morgan fingerprint density at radius 3 is 2.91 bits per heavy atom. The second-order valence-electron chi connectivity index (χ2n) is 6.20. The zero-order chi connectivity index (χ0) is 15.1. The highest BCUT2D eigenvalue weighted by molar-refractivity contribution is 5.96. The van der Waals surface area contributed by atoms with Crippen LogP contribution in [0.5, 0.6) is 0 Å². The SMILES string of the molecule is C[C@H]1c2cccn2CCN1CC(=O)N1CCc2ccccc21. The molecule has 0 bridgehead atoms. The van der Waals surface area contributed by atoms with E-state index in [9.17, 15) is 4.79 Å². The predicted molar refractivity (Wildman–Crippen MR) is 86.9 cm³/mol. The van der Waals surface area contributed by atoms with E-state index in [-0.39, 0.29) is 5.91 Å². The van der Waals surface area contributed by atoms with Gasteiger partial charge < -0.3 is 9.47 Å². The van der Waals surface area contributed by atoms with Crippen LogP contribution in [0.3, 0.4) is 0 Å². The summed E-state index contributed by atoms with van der Waals surface area (Å²) in [6.07, 6.45) is 3.10. The third kappa shape index (κ3) is 2.15. The fourth-order valence-electron chi connectivity index (χ4n) is 3.70. The average Bonchev–Trinajstić information content (AvgIpc) is 3.16. The normalized spacial score (nSPS) is 20.8. The van der Waals surface area contributed by atoms with E-state index in [1.807, 2.05) is 17.0 Å². The number of nitrogens with zero attached hydrogens (tertiary/aromatic N) is 3. The van der Waals surface area contributed by atoms with Gasteiger partial charge in [-0.2, -0.15) is 0 Å². The third-order valence-electron chi connectivity index (χ3n) is 5.00. The summed E-state index contributed by atoms with van der Waals surface area (Å²) in [7, 11) is 0. The predicted octanol–water partition coefficient (Wildman–Crippen LogP) is 2.45. The smallest absolute Gasteiger partial charge is 0.241 e. The molecular weight excluding hydrogens is 274 g/mol. The first-order valence-corrected chi connectivity index (χ1v) is 8.01. The van der Waals surface area contributed by atoms with Gasteiger partial charge in [-0.25, -0.2) is 0 Å². The van der Waals surface area contributed by atoms with Gasteiger partial charge in [0.05, 0.1) is 6.54 Å². The average molecular weight is 295 g/mol. The van der Waals surface area contributed by atoms with Crippen LogP contribution in [0.2, 0.25) is 0 Å². The van der Waals surface area contributed by atoms with Crippen LogP contribution in [-0.2, 0) is 17.8 Å². The standard InChI is InChI=1S/C18H21N3O/c1-14-16-7-4-9-19(16)11-12-20(14)13-18(22)21-10-8-15-5-2-3-6-17(15)21/h2-7,9,14H,8,10-13H2,1H3/t14-/m0/s1. The Labute approximate surface area is 130 Å². The molecule has 114 valence electrons. The molecule has 4 rings (SSSR count). The molecule has 0 N–H and O–H groups in total. The van der Waals surface area contributed by atoms with Crippen LogP contribution >= 0.6 is 0 Å². The molecule has 4 heteroatoms. The lowest BCUT2D eigenvalue weighted by Gasteiger charge is -2.35. The molecule has 0 spiro atoms. The van der Waals surface area contributed by atoms with Gasteiger partial charge in [0.1, 0.15) is 0 Å². The Bertz CT molecular complexity index is 706. The molecule has 2 aliphatic heterocycles. The summed E-state index contributed by atoms with van der Waals surface area (Å²) < 4.78 is 2.29. The van der Waals surface area contributed by atoms with Gasteiger partial charge in [0.15, 0.2) is 0 Å². The zero-order valence-electron chi connectivity index (χ0n) is 12.9. The number of anilines is 1. The molecular formula is C18H21N3O. The molecule has 4 nitrogen and oxygen atoms in total. The van der Waals surface area contributed by atoms with Gasteiger partial charge in [0, 0.05) is 43.3 Å². The Hall–Kier alpha value is -2.07. The topological polar surface area (TPSA) is 28.5 Å². The summed E-state index contributed by atoms with van der Waals surface area (Å²) in [6.45, 7) is 5.41. The highest BCUT2D eigenvalue weighted by atomic mass is 16.2. The second kappa shape index (κ2) is 5.29. The molecule has 0 saturated heterocycles. The van der Waals surface area contributed by atoms with Crippen LogP contribution in [0.1, 0.15) is 24.2 Å². The summed E-state index contributed by atoms with van der Waals surface area (Å²) in [5, 5.41) is 0. The van der Waals surface area contributed by atoms with Crippen LogP contribution < -0.4 is 4.90 Å². The summed E-state index contributed by atoms with van der Waals surface area (Å²) in [4.78, 5) is 17.0. The van der Waals surface area contributed by atoms with Crippen molar-refractivity contribution in [3.63, 3.8) is 0 Å². The lowest BCUT2D eigenvalue weighted by Crippen LogP contribution is -2.44. The van der Waals surface area contributed by atoms with Gasteiger partial charge in [0.25, 0.3) is 0 Å². The Morgan fingerprint density at radius 1 is 1.14 bits per heavy atom. The number of fused-ring (bicyclic) bond motifs is 2. The quantitative estimate of drug-likeness (QED) is 0.851. The first-order chi connectivity index (χ1) is 10.7. The zero-order valence-corrected chi connectivity index (χ0v) is 12.9. The van der Waals surface area contributed by atoms with Crippen LogP contribution in [0.25, 0.3) is 0 Å². The molecule has 1 aromatic carbocycles. The van der Waals surface area contributed by atoms with E-state index in [1.54, 1.807) is 0 Å². The molecule has 0 fully saturated rings. The molecule has 3 heterocycles. The Balaban J connectivity index is 1.50. The molecule has 1 amide bonds. The van der Waals surface area contributed by atoms with Crippen molar-refractivity contribution >= 4 is 11.6 Å². The maximum Gasteiger partial charge on any atom is 0.241 e. The minimum absolute atomic E-state index is 0.219. The molecule has 22 heavy (non-hydrogen) atoms. The number of para-hydroxylation sites is 1. The molecule has 2 aliphatic rings. The van der Waals surface area contributed by atoms with E-state index in [0.29, 0.717) is 12.6 Å². The van der Waals surface area contributed by atoms with Crippen molar-refractivity contribution in [3.05, 3.63) is 53.9 Å². The van der Waals surface area contributed by atoms with Crippen LogP contribution in [0, 0.1) is 0 Å². The number of carbonyl (C=O) groups excluding carboxylic acids is 1. The largest absolute Gasteiger partial charge is 0.349 e. The lowest BCUT2D eigenvalue weighted by molar-refractivity contribution is -0.120. The first kappa shape index (κ1) is 13.6. The minimum Gasteiger partial charge on any atom is -0.349 e. The third-order valence-corrected chi connectivity index (χ3v) is 5.00. The molecule has 0 saturated carbocycles. The van der Waals surface area contributed by atoms with Crippen molar-refractivity contribution in [2.75, 3.05) is 24.5 Å². The summed E-state index contributed by atoms with van der Waals surface area (Å²) in [5.74, 6) is 0.219. The van der Waals surface area contributed by atoms with Crippen molar-refractivity contribution in [2.45, 2.75) is 25.9 Å². The highest BCUT2D eigenvalue weighted by Crippen LogP contribution is 2.29. The summed E-state index contributed by atoms with van der Waals surface area (Å²) >= 11 is 0. The molecule has 2 aromatic rings. The van der Waals surface area contributed by atoms with Crippen molar-refractivity contribution in [3.8, 4) is 0 Å². The van der Waals surface area contributed by atoms with Gasteiger partial charge in [-0.1, -0.05) is 18.2 Å². The molecule has 0 radical (unpaired) electrons. The molecule has 1 atom stereocenters. The monoisotopic (exact) mass is 295 g/mol. The van der Waals surface area contributed by atoms with Crippen molar-refractivity contribution < 1.29 is 4.79 Å². The van der Waals surface area contributed by atoms with E-state index in [1.165, 1.54) is 11.3 Å². The van der Waals surface area contributed by atoms with E-state index in [0.717, 1.165) is 31.7 Å². The second-order valence-corrected chi connectivity index (χ2v) is 6.20. The maximum atomic E-state index is 12.7. The fourth-order valence-corrected chi connectivity index (χ4v) is 3.70. The summed E-state index contributed by atoms with van der Waals surface area (Å²) in [6, 6.07) is 12.8. The van der Waals surface area contributed by atoms with Crippen LogP contribution in [0.4, 0.5) is 5.69 Å². The number of benzene rings is 1. The van der Waals surface area contributed by atoms with Gasteiger partial charge in [0.2, 0.25) is 5.91 Å². The Morgan fingerprint density at radius 2 is 2.00 bits per heavy atom. The van der Waals surface area contributed by atoms with Crippen molar-refractivity contribution in [2.24, 2.45) is 0 Å². The van der Waals surface area contributed by atoms with E-state index in [4.69, 9.17) is 0 Å².